The highest BCUT2D eigenvalue weighted by Crippen LogP contribution is 2.08. The molecule has 1 aromatic heterocycles. The van der Waals surface area contributed by atoms with Crippen LogP contribution in [-0.4, -0.2) is 12.6 Å². The van der Waals surface area contributed by atoms with Crippen LogP contribution in [0.4, 0.5) is 0 Å². The van der Waals surface area contributed by atoms with Crippen LogP contribution in [0.2, 0.25) is 0 Å². The van der Waals surface area contributed by atoms with Gasteiger partial charge in [0.1, 0.15) is 0 Å². The van der Waals surface area contributed by atoms with Gasteiger partial charge in [-0.3, -0.25) is 0 Å². The molecule has 0 saturated carbocycles. The number of likely N-dealkylation sites (N-methyl/N-ethyl adjacent to an activating group) is 1. The molecule has 0 fully saturated rings. The van der Waals surface area contributed by atoms with Gasteiger partial charge in [0.2, 0.25) is 0 Å². The van der Waals surface area contributed by atoms with Gasteiger partial charge in [-0.25, -0.2) is 0 Å². The monoisotopic (exact) mass is 181 g/mol. The van der Waals surface area contributed by atoms with E-state index in [-0.39, 0.29) is 0 Å². The molecule has 0 amide bonds. The van der Waals surface area contributed by atoms with Crippen molar-refractivity contribution in [2.45, 2.75) is 19.4 Å². The molecule has 1 N–H and O–H groups in total. The molecule has 0 aliphatic heterocycles. The SMILES string of the molecule is C=CC(Cc1ccsc1)NCC. The van der Waals surface area contributed by atoms with Crippen LogP contribution in [0, 0.1) is 0 Å². The lowest BCUT2D eigenvalue weighted by Crippen LogP contribution is -2.28. The van der Waals surface area contributed by atoms with Gasteiger partial charge in [0, 0.05) is 6.04 Å². The number of hydrogen-bond donors (Lipinski definition) is 1. The Bertz CT molecular complexity index is 216. The number of nitrogens with one attached hydrogen (secondary N) is 1. The van der Waals surface area contributed by atoms with E-state index in [9.17, 15) is 0 Å². The zero-order chi connectivity index (χ0) is 8.81. The highest BCUT2D eigenvalue weighted by Gasteiger charge is 2.02. The van der Waals surface area contributed by atoms with Crippen molar-refractivity contribution in [3.63, 3.8) is 0 Å². The fraction of sp³-hybridized carbons (Fsp3) is 0.400. The molecule has 0 aromatic carbocycles. The Balaban J connectivity index is 2.42. The molecule has 0 bridgehead atoms. The van der Waals surface area contributed by atoms with Crippen molar-refractivity contribution >= 4 is 11.3 Å². The molecule has 1 aromatic rings. The average Bonchev–Trinajstić information content (AvgIpc) is 2.56. The Hall–Kier alpha value is -0.600. The summed E-state index contributed by atoms with van der Waals surface area (Å²) >= 11 is 1.75. The highest BCUT2D eigenvalue weighted by molar-refractivity contribution is 7.07. The summed E-state index contributed by atoms with van der Waals surface area (Å²) in [4.78, 5) is 0. The van der Waals surface area contributed by atoms with Crippen LogP contribution in [-0.2, 0) is 6.42 Å². The van der Waals surface area contributed by atoms with Crippen LogP contribution >= 0.6 is 11.3 Å². The summed E-state index contributed by atoms with van der Waals surface area (Å²) in [5.74, 6) is 0. The summed E-state index contributed by atoms with van der Waals surface area (Å²) in [7, 11) is 0. The van der Waals surface area contributed by atoms with Gasteiger partial charge in [-0.05, 0) is 35.4 Å². The van der Waals surface area contributed by atoms with Gasteiger partial charge in [-0.1, -0.05) is 13.0 Å². The van der Waals surface area contributed by atoms with E-state index in [1.165, 1.54) is 5.56 Å². The Morgan fingerprint density at radius 1 is 1.75 bits per heavy atom. The first-order valence-electron chi connectivity index (χ1n) is 4.23. The molecule has 1 rings (SSSR count). The summed E-state index contributed by atoms with van der Waals surface area (Å²) in [6, 6.07) is 2.59. The van der Waals surface area contributed by atoms with Crippen molar-refractivity contribution < 1.29 is 0 Å². The maximum atomic E-state index is 3.80. The Morgan fingerprint density at radius 3 is 3.08 bits per heavy atom. The second kappa shape index (κ2) is 5.12. The smallest absolute Gasteiger partial charge is 0.0288 e. The van der Waals surface area contributed by atoms with E-state index >= 15 is 0 Å². The topological polar surface area (TPSA) is 12.0 Å². The molecule has 1 heterocycles. The summed E-state index contributed by atoms with van der Waals surface area (Å²) in [6.45, 7) is 6.92. The maximum Gasteiger partial charge on any atom is 0.0288 e. The van der Waals surface area contributed by atoms with E-state index in [0.717, 1.165) is 13.0 Å². The van der Waals surface area contributed by atoms with E-state index in [1.807, 2.05) is 6.08 Å². The third kappa shape index (κ3) is 2.80. The van der Waals surface area contributed by atoms with Crippen molar-refractivity contribution in [3.05, 3.63) is 35.0 Å². The average molecular weight is 181 g/mol. The molecule has 0 aliphatic rings. The van der Waals surface area contributed by atoms with E-state index in [0.29, 0.717) is 6.04 Å². The van der Waals surface area contributed by atoms with Gasteiger partial charge in [0.25, 0.3) is 0 Å². The van der Waals surface area contributed by atoms with Crippen molar-refractivity contribution in [1.29, 1.82) is 0 Å². The summed E-state index contributed by atoms with van der Waals surface area (Å²) in [6.07, 6.45) is 3.03. The van der Waals surface area contributed by atoms with Crippen LogP contribution in [0.5, 0.6) is 0 Å². The molecule has 1 atom stereocenters. The van der Waals surface area contributed by atoms with Crippen LogP contribution in [0.15, 0.2) is 29.5 Å². The summed E-state index contributed by atoms with van der Waals surface area (Å²) < 4.78 is 0. The van der Waals surface area contributed by atoms with E-state index in [1.54, 1.807) is 11.3 Å². The minimum Gasteiger partial charge on any atom is -0.310 e. The van der Waals surface area contributed by atoms with Gasteiger partial charge >= 0.3 is 0 Å². The minimum absolute atomic E-state index is 0.421. The zero-order valence-electron chi connectivity index (χ0n) is 7.42. The Labute approximate surface area is 78.1 Å². The molecule has 0 saturated heterocycles. The van der Waals surface area contributed by atoms with Gasteiger partial charge in [0.05, 0.1) is 0 Å². The van der Waals surface area contributed by atoms with Gasteiger partial charge < -0.3 is 5.32 Å². The first-order valence-corrected chi connectivity index (χ1v) is 5.18. The van der Waals surface area contributed by atoms with Crippen molar-refractivity contribution in [2.75, 3.05) is 6.54 Å². The second-order valence-electron chi connectivity index (χ2n) is 2.74. The van der Waals surface area contributed by atoms with Crippen molar-refractivity contribution in [2.24, 2.45) is 0 Å². The largest absolute Gasteiger partial charge is 0.310 e. The molecule has 1 nitrogen and oxygen atoms in total. The molecule has 12 heavy (non-hydrogen) atoms. The normalized spacial score (nSPS) is 12.8. The Morgan fingerprint density at radius 2 is 2.58 bits per heavy atom. The zero-order valence-corrected chi connectivity index (χ0v) is 8.23. The molecular weight excluding hydrogens is 166 g/mol. The van der Waals surface area contributed by atoms with E-state index in [4.69, 9.17) is 0 Å². The molecule has 2 heteroatoms. The van der Waals surface area contributed by atoms with E-state index < -0.39 is 0 Å². The fourth-order valence-electron chi connectivity index (χ4n) is 1.16. The Kier molecular flexibility index (Phi) is 4.05. The number of thiophene rings is 1. The molecule has 0 spiro atoms. The predicted molar refractivity (Wildman–Crippen MR) is 55.7 cm³/mol. The number of rotatable bonds is 5. The first kappa shape index (κ1) is 9.49. The van der Waals surface area contributed by atoms with Crippen LogP contribution < -0.4 is 5.32 Å². The summed E-state index contributed by atoms with van der Waals surface area (Å²) in [5, 5.41) is 7.66. The lowest BCUT2D eigenvalue weighted by atomic mass is 10.1. The maximum absolute atomic E-state index is 3.80. The van der Waals surface area contributed by atoms with Crippen LogP contribution in [0.1, 0.15) is 12.5 Å². The molecule has 0 radical (unpaired) electrons. The van der Waals surface area contributed by atoms with Gasteiger partial charge in [-0.2, -0.15) is 11.3 Å². The third-order valence-corrected chi connectivity index (χ3v) is 2.52. The third-order valence-electron chi connectivity index (χ3n) is 1.79. The van der Waals surface area contributed by atoms with Crippen LogP contribution in [0.3, 0.4) is 0 Å². The number of hydrogen-bond acceptors (Lipinski definition) is 2. The standard InChI is InChI=1S/C10H15NS/c1-3-10(11-4-2)7-9-5-6-12-8-9/h3,5-6,8,10-11H,1,4,7H2,2H3. The molecule has 66 valence electrons. The van der Waals surface area contributed by atoms with Crippen LogP contribution in [0.25, 0.3) is 0 Å². The van der Waals surface area contributed by atoms with E-state index in [2.05, 4.69) is 35.6 Å². The minimum atomic E-state index is 0.421. The molecular formula is C10H15NS. The fourth-order valence-corrected chi connectivity index (χ4v) is 1.85. The van der Waals surface area contributed by atoms with Crippen molar-refractivity contribution in [3.8, 4) is 0 Å². The lowest BCUT2D eigenvalue weighted by Gasteiger charge is -2.11. The highest BCUT2D eigenvalue weighted by atomic mass is 32.1. The lowest BCUT2D eigenvalue weighted by molar-refractivity contribution is 0.614. The van der Waals surface area contributed by atoms with Gasteiger partial charge in [0.15, 0.2) is 0 Å². The molecule has 0 aliphatic carbocycles. The quantitative estimate of drug-likeness (QED) is 0.688. The van der Waals surface area contributed by atoms with Gasteiger partial charge in [-0.15, -0.1) is 6.58 Å². The second-order valence-corrected chi connectivity index (χ2v) is 3.52. The van der Waals surface area contributed by atoms with Crippen molar-refractivity contribution in [1.82, 2.24) is 5.32 Å². The molecule has 1 unspecified atom stereocenters. The summed E-state index contributed by atoms with van der Waals surface area (Å²) in [5.41, 5.74) is 1.39. The first-order chi connectivity index (χ1) is 5.86. The predicted octanol–water partition coefficient (Wildman–Crippen LogP) is 2.45.